The third-order valence-electron chi connectivity index (χ3n) is 3.26. The fourth-order valence-corrected chi connectivity index (χ4v) is 2.37. The molecule has 0 radical (unpaired) electrons. The van der Waals surface area contributed by atoms with Crippen LogP contribution in [0.15, 0.2) is 41.0 Å². The Balaban J connectivity index is 1.86. The summed E-state index contributed by atoms with van der Waals surface area (Å²) in [7, 11) is 0. The number of anilines is 1. The molecule has 2 amide bonds. The summed E-state index contributed by atoms with van der Waals surface area (Å²) in [5, 5.41) is 16.1. The molecule has 1 heterocycles. The van der Waals surface area contributed by atoms with Crippen LogP contribution in [0.2, 0.25) is 5.02 Å². The molecule has 0 fully saturated rings. The van der Waals surface area contributed by atoms with Gasteiger partial charge in [-0.2, -0.15) is 0 Å². The van der Waals surface area contributed by atoms with Crippen molar-refractivity contribution in [3.05, 3.63) is 52.9 Å². The molecule has 118 valence electrons. The van der Waals surface area contributed by atoms with Crippen molar-refractivity contribution in [1.82, 2.24) is 5.32 Å². The Morgan fingerprint density at radius 3 is 2.82 bits per heavy atom. The topological polar surface area (TPSA) is 74.5 Å². The standard InChI is InChI=1S/C16H19ClN2O3/c1-10-8-12(17)5-6-13(10)19-16(21)18-11(2)9-14(20)15-4-3-7-22-15/h3-8,11,14,20H,9H2,1-2H3,(H2,18,19,21). The molecule has 0 saturated carbocycles. The van der Waals surface area contributed by atoms with Gasteiger partial charge >= 0.3 is 6.03 Å². The zero-order valence-electron chi connectivity index (χ0n) is 12.5. The van der Waals surface area contributed by atoms with Crippen molar-refractivity contribution >= 4 is 23.3 Å². The van der Waals surface area contributed by atoms with E-state index >= 15 is 0 Å². The summed E-state index contributed by atoms with van der Waals surface area (Å²) in [6, 6.07) is 8.12. The van der Waals surface area contributed by atoms with E-state index < -0.39 is 6.10 Å². The van der Waals surface area contributed by atoms with E-state index in [4.69, 9.17) is 16.0 Å². The summed E-state index contributed by atoms with van der Waals surface area (Å²) < 4.78 is 5.13. The second-order valence-electron chi connectivity index (χ2n) is 5.23. The van der Waals surface area contributed by atoms with Gasteiger partial charge in [0.05, 0.1) is 6.26 Å². The molecule has 1 aromatic heterocycles. The number of furan rings is 1. The molecule has 0 aliphatic carbocycles. The molecule has 3 N–H and O–H groups in total. The summed E-state index contributed by atoms with van der Waals surface area (Å²) in [6.45, 7) is 3.69. The molecule has 6 heteroatoms. The molecule has 0 bridgehead atoms. The number of carbonyl (C=O) groups excluding carboxylic acids is 1. The Morgan fingerprint density at radius 1 is 1.41 bits per heavy atom. The van der Waals surface area contributed by atoms with Crippen LogP contribution in [0.3, 0.4) is 0 Å². The maximum absolute atomic E-state index is 12.0. The normalized spacial score (nSPS) is 13.5. The van der Waals surface area contributed by atoms with Gasteiger partial charge in [0.1, 0.15) is 11.9 Å². The van der Waals surface area contributed by atoms with E-state index in [1.807, 2.05) is 13.8 Å². The average Bonchev–Trinajstić information content (AvgIpc) is 2.95. The van der Waals surface area contributed by atoms with Gasteiger partial charge in [0, 0.05) is 23.2 Å². The fraction of sp³-hybridized carbons (Fsp3) is 0.312. The summed E-state index contributed by atoms with van der Waals surface area (Å²) in [5.41, 5.74) is 1.58. The molecule has 22 heavy (non-hydrogen) atoms. The van der Waals surface area contributed by atoms with E-state index in [2.05, 4.69) is 10.6 Å². The maximum atomic E-state index is 12.0. The van der Waals surface area contributed by atoms with Gasteiger partial charge in [-0.25, -0.2) is 4.79 Å². The van der Waals surface area contributed by atoms with Crippen LogP contribution in [-0.4, -0.2) is 17.2 Å². The number of hydrogen-bond donors (Lipinski definition) is 3. The number of hydrogen-bond acceptors (Lipinski definition) is 3. The monoisotopic (exact) mass is 322 g/mol. The highest BCUT2D eigenvalue weighted by atomic mass is 35.5. The fourth-order valence-electron chi connectivity index (χ4n) is 2.14. The van der Waals surface area contributed by atoms with Gasteiger partial charge in [-0.15, -0.1) is 0 Å². The lowest BCUT2D eigenvalue weighted by Crippen LogP contribution is -2.37. The molecular formula is C16H19ClN2O3. The largest absolute Gasteiger partial charge is 0.467 e. The molecule has 2 rings (SSSR count). The Hall–Kier alpha value is -1.98. The number of amides is 2. The zero-order chi connectivity index (χ0) is 16.1. The Labute approximate surface area is 134 Å². The number of aliphatic hydroxyl groups excluding tert-OH is 1. The Bertz CT molecular complexity index is 628. The smallest absolute Gasteiger partial charge is 0.319 e. The molecule has 0 saturated heterocycles. The second-order valence-corrected chi connectivity index (χ2v) is 5.66. The molecule has 2 aromatic rings. The first-order chi connectivity index (χ1) is 10.5. The first kappa shape index (κ1) is 16.4. The number of carbonyl (C=O) groups is 1. The quantitative estimate of drug-likeness (QED) is 0.782. The van der Waals surface area contributed by atoms with Gasteiger partial charge in [-0.1, -0.05) is 11.6 Å². The lowest BCUT2D eigenvalue weighted by Gasteiger charge is -2.17. The van der Waals surface area contributed by atoms with E-state index in [9.17, 15) is 9.90 Å². The number of aliphatic hydroxyl groups is 1. The molecule has 1 aromatic carbocycles. The highest BCUT2D eigenvalue weighted by molar-refractivity contribution is 6.30. The predicted octanol–water partition coefficient (Wildman–Crippen LogP) is 3.88. The van der Waals surface area contributed by atoms with Gasteiger partial charge < -0.3 is 20.2 Å². The van der Waals surface area contributed by atoms with Crippen LogP contribution in [0.25, 0.3) is 0 Å². The molecule has 0 aliphatic rings. The lowest BCUT2D eigenvalue weighted by atomic mass is 10.1. The van der Waals surface area contributed by atoms with Crippen LogP contribution in [-0.2, 0) is 0 Å². The van der Waals surface area contributed by atoms with Crippen molar-refractivity contribution in [1.29, 1.82) is 0 Å². The average molecular weight is 323 g/mol. The van der Waals surface area contributed by atoms with Gasteiger partial charge in [0.15, 0.2) is 0 Å². The SMILES string of the molecule is Cc1cc(Cl)ccc1NC(=O)NC(C)CC(O)c1ccco1. The lowest BCUT2D eigenvalue weighted by molar-refractivity contribution is 0.130. The molecule has 2 unspecified atom stereocenters. The van der Waals surface area contributed by atoms with Crippen molar-refractivity contribution in [2.45, 2.75) is 32.4 Å². The maximum Gasteiger partial charge on any atom is 0.319 e. The van der Waals surface area contributed by atoms with Crippen molar-refractivity contribution in [2.75, 3.05) is 5.32 Å². The summed E-state index contributed by atoms with van der Waals surface area (Å²) in [4.78, 5) is 12.0. The van der Waals surface area contributed by atoms with Crippen LogP contribution in [0, 0.1) is 6.92 Å². The molecule has 2 atom stereocenters. The minimum Gasteiger partial charge on any atom is -0.467 e. The van der Waals surface area contributed by atoms with E-state index in [1.165, 1.54) is 6.26 Å². The zero-order valence-corrected chi connectivity index (χ0v) is 13.2. The van der Waals surface area contributed by atoms with E-state index in [0.29, 0.717) is 22.9 Å². The van der Waals surface area contributed by atoms with Gasteiger partial charge in [-0.3, -0.25) is 0 Å². The first-order valence-electron chi connectivity index (χ1n) is 7.01. The van der Waals surface area contributed by atoms with E-state index in [0.717, 1.165) is 5.56 Å². The summed E-state index contributed by atoms with van der Waals surface area (Å²) in [5.74, 6) is 0.489. The number of benzene rings is 1. The van der Waals surface area contributed by atoms with Gasteiger partial charge in [0.2, 0.25) is 0 Å². The number of rotatable bonds is 5. The Kier molecular flexibility index (Phi) is 5.46. The van der Waals surface area contributed by atoms with Gasteiger partial charge in [-0.05, 0) is 49.7 Å². The number of aryl methyl sites for hydroxylation is 1. The predicted molar refractivity (Wildman–Crippen MR) is 86.1 cm³/mol. The van der Waals surface area contributed by atoms with Crippen molar-refractivity contribution in [3.8, 4) is 0 Å². The van der Waals surface area contributed by atoms with Crippen LogP contribution in [0.5, 0.6) is 0 Å². The van der Waals surface area contributed by atoms with Crippen LogP contribution < -0.4 is 10.6 Å². The van der Waals surface area contributed by atoms with Crippen molar-refractivity contribution in [2.24, 2.45) is 0 Å². The number of urea groups is 1. The van der Waals surface area contributed by atoms with Crippen molar-refractivity contribution in [3.63, 3.8) is 0 Å². The first-order valence-corrected chi connectivity index (χ1v) is 7.38. The van der Waals surface area contributed by atoms with Crippen LogP contribution in [0.4, 0.5) is 10.5 Å². The van der Waals surface area contributed by atoms with E-state index in [1.54, 1.807) is 30.3 Å². The minimum atomic E-state index is -0.748. The molecule has 5 nitrogen and oxygen atoms in total. The van der Waals surface area contributed by atoms with Crippen LogP contribution in [0.1, 0.15) is 30.8 Å². The highest BCUT2D eigenvalue weighted by Gasteiger charge is 2.16. The van der Waals surface area contributed by atoms with E-state index in [-0.39, 0.29) is 12.1 Å². The molecule has 0 spiro atoms. The molecule has 0 aliphatic heterocycles. The Morgan fingerprint density at radius 2 is 2.18 bits per heavy atom. The third-order valence-corrected chi connectivity index (χ3v) is 3.50. The van der Waals surface area contributed by atoms with Gasteiger partial charge in [0.25, 0.3) is 0 Å². The molecular weight excluding hydrogens is 304 g/mol. The third kappa shape index (κ3) is 4.51. The second kappa shape index (κ2) is 7.33. The number of halogens is 1. The van der Waals surface area contributed by atoms with Crippen LogP contribution >= 0.6 is 11.6 Å². The minimum absolute atomic E-state index is 0.215. The summed E-state index contributed by atoms with van der Waals surface area (Å²) in [6.07, 6.45) is 1.12. The summed E-state index contributed by atoms with van der Waals surface area (Å²) >= 11 is 5.88. The highest BCUT2D eigenvalue weighted by Crippen LogP contribution is 2.20. The van der Waals surface area contributed by atoms with Crippen molar-refractivity contribution < 1.29 is 14.3 Å². The number of nitrogens with one attached hydrogen (secondary N) is 2.